The van der Waals surface area contributed by atoms with Crippen molar-refractivity contribution in [1.82, 2.24) is 0 Å². The van der Waals surface area contributed by atoms with Gasteiger partial charge in [0, 0.05) is 0 Å². The zero-order chi connectivity index (χ0) is 42.1. The summed E-state index contributed by atoms with van der Waals surface area (Å²) in [4.78, 5) is 0. The van der Waals surface area contributed by atoms with Crippen LogP contribution in [0.1, 0.15) is 0 Å². The van der Waals surface area contributed by atoms with E-state index in [0.717, 1.165) is 0 Å². The lowest BCUT2D eigenvalue weighted by Gasteiger charge is -2.19. The van der Waals surface area contributed by atoms with Crippen LogP contribution < -0.4 is 0 Å². The zero-order valence-corrected chi connectivity index (χ0v) is 35.1. The largest absolute Gasteiger partial charge is 0.0622 e. The highest BCUT2D eigenvalue weighted by molar-refractivity contribution is 6.24. The van der Waals surface area contributed by atoms with Crippen molar-refractivity contribution in [3.05, 3.63) is 243 Å². The summed E-state index contributed by atoms with van der Waals surface area (Å²) in [6, 6.07) is 90.1. The van der Waals surface area contributed by atoms with Gasteiger partial charge in [0.1, 0.15) is 0 Å². The fraction of sp³-hybridized carbons (Fsp3) is 0. The van der Waals surface area contributed by atoms with Crippen molar-refractivity contribution in [2.75, 3.05) is 0 Å². The second-order valence-corrected chi connectivity index (χ2v) is 17.2. The second kappa shape index (κ2) is 14.7. The van der Waals surface area contributed by atoms with Gasteiger partial charge in [-0.2, -0.15) is 0 Å². The molecule has 0 aliphatic heterocycles. The molecule has 13 aromatic carbocycles. The highest BCUT2D eigenvalue weighted by Crippen LogP contribution is 2.47. The van der Waals surface area contributed by atoms with Crippen LogP contribution in [-0.2, 0) is 0 Å². The van der Waals surface area contributed by atoms with Gasteiger partial charge in [0.15, 0.2) is 0 Å². The van der Waals surface area contributed by atoms with Crippen LogP contribution in [0.4, 0.5) is 0 Å². The normalized spacial score (nSPS) is 11.8. The number of hydrogen-bond acceptors (Lipinski definition) is 0. The molecule has 0 radical (unpaired) electrons. The van der Waals surface area contributed by atoms with Crippen LogP contribution in [-0.4, -0.2) is 0 Å². The van der Waals surface area contributed by atoms with Gasteiger partial charge < -0.3 is 0 Å². The van der Waals surface area contributed by atoms with Gasteiger partial charge in [0.2, 0.25) is 0 Å². The molecule has 0 atom stereocenters. The molecule has 0 heterocycles. The molecule has 13 aromatic rings. The SMILES string of the molecule is c1ccc(-c2cc3ccccc3cc2-c2ccc3c(c2)c(-c2ccc4ccccc4c2)cc2cc(-c4c5ccccc5c(-c5cccc6ccccc56)c5ccccc45)ccc23)cc1. The summed E-state index contributed by atoms with van der Waals surface area (Å²) >= 11 is 0. The smallest absolute Gasteiger partial charge is 0.00201 e. The molecule has 0 saturated heterocycles. The van der Waals surface area contributed by atoms with Gasteiger partial charge in [-0.05, 0) is 167 Å². The minimum absolute atomic E-state index is 1.21. The number of rotatable bonds is 5. The van der Waals surface area contributed by atoms with Crippen molar-refractivity contribution < 1.29 is 0 Å². The first-order valence-electron chi connectivity index (χ1n) is 22.2. The molecule has 0 aliphatic carbocycles. The van der Waals surface area contributed by atoms with Gasteiger partial charge >= 0.3 is 0 Å². The van der Waals surface area contributed by atoms with Crippen molar-refractivity contribution >= 4 is 75.4 Å². The quantitative estimate of drug-likeness (QED) is 0.120. The molecule has 0 heteroatoms. The van der Waals surface area contributed by atoms with Crippen molar-refractivity contribution in [2.24, 2.45) is 0 Å². The van der Waals surface area contributed by atoms with E-state index in [4.69, 9.17) is 0 Å². The molecular weight excluding hydrogens is 769 g/mol. The van der Waals surface area contributed by atoms with E-state index < -0.39 is 0 Å². The number of benzene rings is 13. The maximum Gasteiger partial charge on any atom is -0.00201 e. The lowest BCUT2D eigenvalue weighted by atomic mass is 9.84. The van der Waals surface area contributed by atoms with Crippen molar-refractivity contribution in [3.63, 3.8) is 0 Å². The summed E-state index contributed by atoms with van der Waals surface area (Å²) in [5, 5.41) is 17.5. The Balaban J connectivity index is 1.07. The zero-order valence-electron chi connectivity index (χ0n) is 35.1. The summed E-state index contributed by atoms with van der Waals surface area (Å²) in [6.45, 7) is 0. The summed E-state index contributed by atoms with van der Waals surface area (Å²) in [5.74, 6) is 0. The standard InChI is InChI=1S/C64H40/c1-2-16-43(17-3-1)59-37-45-20-6-7-21-46(45)38-60(59)48-31-34-53-52-33-32-49(36-50(52)40-61(62(53)39-48)47-30-29-41-15-4-5-19-44(41)35-47)63-55-24-10-12-26-57(55)64(58-27-13-11-25-56(58)63)54-28-14-22-42-18-8-9-23-51(42)54/h1-40H. The molecule has 0 aliphatic rings. The highest BCUT2D eigenvalue weighted by atomic mass is 14.2. The Morgan fingerprint density at radius 3 is 1.33 bits per heavy atom. The molecular formula is C64H40. The summed E-state index contributed by atoms with van der Waals surface area (Å²) in [6.07, 6.45) is 0. The third kappa shape index (κ3) is 5.84. The lowest BCUT2D eigenvalue weighted by molar-refractivity contribution is 1.62. The van der Waals surface area contributed by atoms with Gasteiger partial charge in [-0.3, -0.25) is 0 Å². The van der Waals surface area contributed by atoms with E-state index in [9.17, 15) is 0 Å². The molecule has 0 nitrogen and oxygen atoms in total. The predicted octanol–water partition coefficient (Wildman–Crippen LogP) is 18.1. The van der Waals surface area contributed by atoms with Crippen LogP contribution in [0.15, 0.2) is 243 Å². The van der Waals surface area contributed by atoms with E-state index in [-0.39, 0.29) is 0 Å². The van der Waals surface area contributed by atoms with E-state index >= 15 is 0 Å². The topological polar surface area (TPSA) is 0 Å². The van der Waals surface area contributed by atoms with Gasteiger partial charge in [-0.25, -0.2) is 0 Å². The van der Waals surface area contributed by atoms with E-state index in [2.05, 4.69) is 243 Å². The first-order valence-corrected chi connectivity index (χ1v) is 22.2. The molecule has 0 fully saturated rings. The summed E-state index contributed by atoms with van der Waals surface area (Å²) in [5.41, 5.74) is 12.4. The van der Waals surface area contributed by atoms with Crippen LogP contribution in [0.25, 0.3) is 131 Å². The molecule has 64 heavy (non-hydrogen) atoms. The maximum absolute atomic E-state index is 2.45. The molecule has 0 saturated carbocycles. The fourth-order valence-electron chi connectivity index (χ4n) is 10.6. The Morgan fingerprint density at radius 2 is 0.625 bits per heavy atom. The Bertz CT molecular complexity index is 3940. The minimum atomic E-state index is 1.21. The molecule has 296 valence electrons. The van der Waals surface area contributed by atoms with Crippen molar-refractivity contribution in [1.29, 1.82) is 0 Å². The van der Waals surface area contributed by atoms with Crippen molar-refractivity contribution in [2.45, 2.75) is 0 Å². The third-order valence-electron chi connectivity index (χ3n) is 13.6. The third-order valence-corrected chi connectivity index (χ3v) is 13.6. The molecule has 0 bridgehead atoms. The van der Waals surface area contributed by atoms with Crippen LogP contribution >= 0.6 is 0 Å². The molecule has 0 aromatic heterocycles. The number of hydrogen-bond donors (Lipinski definition) is 0. The summed E-state index contributed by atoms with van der Waals surface area (Å²) in [7, 11) is 0. The first kappa shape index (κ1) is 36.3. The van der Waals surface area contributed by atoms with E-state index in [1.165, 1.54) is 131 Å². The molecule has 0 unspecified atom stereocenters. The predicted molar refractivity (Wildman–Crippen MR) is 276 cm³/mol. The lowest BCUT2D eigenvalue weighted by Crippen LogP contribution is -1.92. The fourth-order valence-corrected chi connectivity index (χ4v) is 10.6. The average molecular weight is 809 g/mol. The van der Waals surface area contributed by atoms with Gasteiger partial charge in [0.05, 0.1) is 0 Å². The van der Waals surface area contributed by atoms with Gasteiger partial charge in [0.25, 0.3) is 0 Å². The summed E-state index contributed by atoms with van der Waals surface area (Å²) < 4.78 is 0. The Hall–Kier alpha value is -8.32. The van der Waals surface area contributed by atoms with E-state index in [1.807, 2.05) is 0 Å². The first-order chi connectivity index (χ1) is 31.7. The van der Waals surface area contributed by atoms with Crippen LogP contribution in [0.2, 0.25) is 0 Å². The second-order valence-electron chi connectivity index (χ2n) is 17.2. The minimum Gasteiger partial charge on any atom is -0.0622 e. The Morgan fingerprint density at radius 1 is 0.156 bits per heavy atom. The molecule has 13 rings (SSSR count). The molecule has 0 spiro atoms. The van der Waals surface area contributed by atoms with Crippen LogP contribution in [0, 0.1) is 0 Å². The Kier molecular flexibility index (Phi) is 8.32. The molecule has 0 amide bonds. The van der Waals surface area contributed by atoms with E-state index in [0.29, 0.717) is 0 Å². The van der Waals surface area contributed by atoms with Gasteiger partial charge in [-0.15, -0.1) is 0 Å². The molecule has 0 N–H and O–H groups in total. The van der Waals surface area contributed by atoms with Crippen molar-refractivity contribution in [3.8, 4) is 55.6 Å². The number of fused-ring (bicyclic) bond motifs is 8. The maximum atomic E-state index is 2.45. The van der Waals surface area contributed by atoms with Gasteiger partial charge in [-0.1, -0.05) is 206 Å². The van der Waals surface area contributed by atoms with Crippen LogP contribution in [0.3, 0.4) is 0 Å². The highest BCUT2D eigenvalue weighted by Gasteiger charge is 2.20. The Labute approximate surface area is 371 Å². The van der Waals surface area contributed by atoms with E-state index in [1.54, 1.807) is 0 Å². The average Bonchev–Trinajstić information content (AvgIpc) is 3.37. The monoisotopic (exact) mass is 808 g/mol. The van der Waals surface area contributed by atoms with Crippen LogP contribution in [0.5, 0.6) is 0 Å².